The zero-order valence-corrected chi connectivity index (χ0v) is 10.5. The minimum atomic E-state index is -4.61. The van der Waals surface area contributed by atoms with Gasteiger partial charge < -0.3 is 10.5 Å². The number of benzene rings is 1. The predicted molar refractivity (Wildman–Crippen MR) is 61.3 cm³/mol. The summed E-state index contributed by atoms with van der Waals surface area (Å²) in [5, 5.41) is 13.1. The van der Waals surface area contributed by atoms with Gasteiger partial charge in [0.15, 0.2) is 0 Å². The number of carbonyl (C=O) groups is 2. The van der Waals surface area contributed by atoms with Crippen LogP contribution in [0.1, 0.15) is 15.9 Å². The zero-order chi connectivity index (χ0) is 14.4. The van der Waals surface area contributed by atoms with Crippen LogP contribution in [0, 0.1) is 0 Å². The van der Waals surface area contributed by atoms with Gasteiger partial charge in [0.2, 0.25) is 11.5 Å². The van der Waals surface area contributed by atoms with E-state index in [1.54, 1.807) is 0 Å². The van der Waals surface area contributed by atoms with Gasteiger partial charge in [-0.2, -0.15) is 13.2 Å². The molecule has 0 atom stereocenters. The van der Waals surface area contributed by atoms with Gasteiger partial charge in [-0.25, -0.2) is 0 Å². The standard InChI is InChI=1S/C10H4BrF3N2O3/c11-4-1-3(10(12,13)14)2-5-6(4)8(17)7(16-19)9(18)15-5/h1-2,19H,(H,15,18)/b16-7-. The van der Waals surface area contributed by atoms with Crippen molar-refractivity contribution in [3.05, 3.63) is 27.7 Å². The van der Waals surface area contributed by atoms with Gasteiger partial charge in [-0.05, 0) is 28.1 Å². The third-order valence-electron chi connectivity index (χ3n) is 2.42. The van der Waals surface area contributed by atoms with Crippen LogP contribution in [0.3, 0.4) is 0 Å². The number of nitrogens with one attached hydrogen (secondary N) is 1. The van der Waals surface area contributed by atoms with Crippen molar-refractivity contribution in [1.29, 1.82) is 0 Å². The van der Waals surface area contributed by atoms with Gasteiger partial charge in [-0.1, -0.05) is 5.16 Å². The quantitative estimate of drug-likeness (QED) is 0.564. The first-order valence-corrected chi connectivity index (χ1v) is 5.54. The van der Waals surface area contributed by atoms with E-state index in [9.17, 15) is 22.8 Å². The van der Waals surface area contributed by atoms with Crippen molar-refractivity contribution in [2.24, 2.45) is 5.16 Å². The summed E-state index contributed by atoms with van der Waals surface area (Å²) in [7, 11) is 0. The molecule has 0 bridgehead atoms. The fourth-order valence-electron chi connectivity index (χ4n) is 1.59. The zero-order valence-electron chi connectivity index (χ0n) is 8.88. The smallest absolute Gasteiger partial charge is 0.410 e. The normalized spacial score (nSPS) is 17.4. The van der Waals surface area contributed by atoms with E-state index in [1.165, 1.54) is 0 Å². The van der Waals surface area contributed by atoms with Gasteiger partial charge in [0.1, 0.15) is 0 Å². The van der Waals surface area contributed by atoms with E-state index >= 15 is 0 Å². The molecule has 0 radical (unpaired) electrons. The van der Waals surface area contributed by atoms with Gasteiger partial charge in [0.05, 0.1) is 16.8 Å². The Labute approximate surface area is 112 Å². The average molecular weight is 337 g/mol. The number of rotatable bonds is 0. The maximum Gasteiger partial charge on any atom is 0.416 e. The van der Waals surface area contributed by atoms with E-state index in [4.69, 9.17) is 5.21 Å². The Kier molecular flexibility index (Phi) is 3.09. The average Bonchev–Trinajstić information content (AvgIpc) is 2.26. The molecule has 0 spiro atoms. The summed E-state index contributed by atoms with van der Waals surface area (Å²) >= 11 is 2.83. The van der Waals surface area contributed by atoms with Gasteiger partial charge in [0.25, 0.3) is 5.91 Å². The number of fused-ring (bicyclic) bond motifs is 1. The summed E-state index contributed by atoms with van der Waals surface area (Å²) in [6.45, 7) is 0. The number of nitrogens with zero attached hydrogens (tertiary/aromatic N) is 1. The number of hydrogen-bond donors (Lipinski definition) is 2. The third kappa shape index (κ3) is 2.21. The first-order valence-electron chi connectivity index (χ1n) is 4.74. The van der Waals surface area contributed by atoms with Crippen LogP contribution in [0.2, 0.25) is 0 Å². The number of hydrogen-bond acceptors (Lipinski definition) is 4. The summed E-state index contributed by atoms with van der Waals surface area (Å²) < 4.78 is 37.6. The van der Waals surface area contributed by atoms with Crippen molar-refractivity contribution in [2.45, 2.75) is 6.18 Å². The van der Waals surface area contributed by atoms with E-state index in [-0.39, 0.29) is 15.7 Å². The minimum Gasteiger partial charge on any atom is -0.410 e. The van der Waals surface area contributed by atoms with Crippen molar-refractivity contribution < 1.29 is 28.0 Å². The highest BCUT2D eigenvalue weighted by Gasteiger charge is 2.37. The van der Waals surface area contributed by atoms with E-state index in [0.717, 1.165) is 0 Å². The maximum atomic E-state index is 12.6. The molecule has 2 rings (SSSR count). The van der Waals surface area contributed by atoms with Crippen molar-refractivity contribution in [3.63, 3.8) is 0 Å². The van der Waals surface area contributed by atoms with Crippen LogP contribution >= 0.6 is 15.9 Å². The fourth-order valence-corrected chi connectivity index (χ4v) is 2.23. The predicted octanol–water partition coefficient (Wildman–Crippen LogP) is 2.43. The lowest BCUT2D eigenvalue weighted by molar-refractivity contribution is -0.137. The lowest BCUT2D eigenvalue weighted by Crippen LogP contribution is -2.36. The monoisotopic (exact) mass is 336 g/mol. The first kappa shape index (κ1) is 13.5. The molecular weight excluding hydrogens is 333 g/mol. The van der Waals surface area contributed by atoms with Gasteiger partial charge in [-0.3, -0.25) is 9.59 Å². The molecule has 2 N–H and O–H groups in total. The molecule has 0 saturated carbocycles. The van der Waals surface area contributed by atoms with Crippen LogP contribution in [0.25, 0.3) is 0 Å². The van der Waals surface area contributed by atoms with Crippen LogP contribution in [-0.2, 0) is 11.0 Å². The summed E-state index contributed by atoms with van der Waals surface area (Å²) in [5.41, 5.74) is -2.28. The Morgan fingerprint density at radius 3 is 2.42 bits per heavy atom. The van der Waals surface area contributed by atoms with Crippen LogP contribution in [0.15, 0.2) is 21.8 Å². The van der Waals surface area contributed by atoms with E-state index < -0.39 is 29.1 Å². The molecule has 100 valence electrons. The molecule has 0 fully saturated rings. The molecule has 1 aliphatic rings. The Balaban J connectivity index is 2.66. The Hall–Kier alpha value is -1.90. The number of anilines is 1. The molecule has 0 unspecified atom stereocenters. The molecule has 1 aromatic carbocycles. The summed E-state index contributed by atoms with van der Waals surface area (Å²) in [6.07, 6.45) is -4.61. The molecule has 1 heterocycles. The highest BCUT2D eigenvalue weighted by molar-refractivity contribution is 9.10. The van der Waals surface area contributed by atoms with Crippen molar-refractivity contribution in [1.82, 2.24) is 0 Å². The van der Waals surface area contributed by atoms with Crippen molar-refractivity contribution >= 4 is 39.0 Å². The van der Waals surface area contributed by atoms with Gasteiger partial charge >= 0.3 is 6.18 Å². The number of Topliss-reactive ketones (excluding diaryl/α,β-unsaturated/α-hetero) is 1. The van der Waals surface area contributed by atoms with E-state index in [1.807, 2.05) is 0 Å². The lowest BCUT2D eigenvalue weighted by atomic mass is 9.98. The van der Waals surface area contributed by atoms with Gasteiger partial charge in [0, 0.05) is 4.47 Å². The SMILES string of the molecule is O=C1Nc2cc(C(F)(F)F)cc(Br)c2C(=O)/C1=N/O. The minimum absolute atomic E-state index is 0.150. The highest BCUT2D eigenvalue weighted by atomic mass is 79.9. The second kappa shape index (κ2) is 4.34. The summed E-state index contributed by atoms with van der Waals surface area (Å²) in [5.74, 6) is -2.02. The third-order valence-corrected chi connectivity index (χ3v) is 3.05. The first-order chi connectivity index (χ1) is 8.75. The van der Waals surface area contributed by atoms with Gasteiger partial charge in [-0.15, -0.1) is 0 Å². The molecular formula is C10H4BrF3N2O3. The molecule has 1 aliphatic heterocycles. The molecule has 1 amide bonds. The van der Waals surface area contributed by atoms with Crippen LogP contribution in [0.4, 0.5) is 18.9 Å². The lowest BCUT2D eigenvalue weighted by Gasteiger charge is -2.19. The van der Waals surface area contributed by atoms with Crippen LogP contribution in [-0.4, -0.2) is 22.6 Å². The molecule has 0 aliphatic carbocycles. The number of ketones is 1. The Morgan fingerprint density at radius 1 is 1.26 bits per heavy atom. The molecule has 9 heteroatoms. The maximum absolute atomic E-state index is 12.6. The number of alkyl halides is 3. The van der Waals surface area contributed by atoms with Crippen molar-refractivity contribution in [3.8, 4) is 0 Å². The highest BCUT2D eigenvalue weighted by Crippen LogP contribution is 2.37. The largest absolute Gasteiger partial charge is 0.416 e. The van der Waals surface area contributed by atoms with Crippen LogP contribution < -0.4 is 5.32 Å². The molecule has 0 aromatic heterocycles. The molecule has 0 saturated heterocycles. The molecule has 19 heavy (non-hydrogen) atoms. The Morgan fingerprint density at radius 2 is 1.89 bits per heavy atom. The van der Waals surface area contributed by atoms with E-state index in [0.29, 0.717) is 12.1 Å². The second-order valence-electron chi connectivity index (χ2n) is 3.61. The fraction of sp³-hybridized carbons (Fsp3) is 0.100. The summed E-state index contributed by atoms with van der Waals surface area (Å²) in [6, 6.07) is 1.35. The number of oxime groups is 1. The molecule has 1 aromatic rings. The van der Waals surface area contributed by atoms with Crippen LogP contribution in [0.5, 0.6) is 0 Å². The number of halogens is 4. The Bertz CT molecular complexity index is 625. The molecule has 5 nitrogen and oxygen atoms in total. The summed E-state index contributed by atoms with van der Waals surface area (Å²) in [4.78, 5) is 23.1. The topological polar surface area (TPSA) is 78.8 Å². The van der Waals surface area contributed by atoms with Crippen molar-refractivity contribution in [2.75, 3.05) is 5.32 Å². The second-order valence-corrected chi connectivity index (χ2v) is 4.46. The van der Waals surface area contributed by atoms with E-state index in [2.05, 4.69) is 26.4 Å². The number of carbonyl (C=O) groups excluding carboxylic acids is 2. The number of amides is 1.